The van der Waals surface area contributed by atoms with Crippen LogP contribution in [0.4, 0.5) is 4.39 Å². The van der Waals surface area contributed by atoms with Crippen LogP contribution >= 0.6 is 0 Å². The molecule has 2 aromatic carbocycles. The van der Waals surface area contributed by atoms with Gasteiger partial charge in [0.2, 0.25) is 11.7 Å². The van der Waals surface area contributed by atoms with Crippen molar-refractivity contribution in [2.24, 2.45) is 0 Å². The highest BCUT2D eigenvalue weighted by Gasteiger charge is 2.23. The lowest BCUT2D eigenvalue weighted by Gasteiger charge is -2.32. The number of rotatable bonds is 5. The van der Waals surface area contributed by atoms with Crippen molar-refractivity contribution in [3.8, 4) is 17.1 Å². The van der Waals surface area contributed by atoms with Crippen molar-refractivity contribution >= 4 is 0 Å². The molecule has 0 N–H and O–H groups in total. The van der Waals surface area contributed by atoms with E-state index in [1.165, 1.54) is 12.1 Å². The lowest BCUT2D eigenvalue weighted by Crippen LogP contribution is -2.37. The number of hydrogen-bond acceptors (Lipinski definition) is 6. The monoisotopic (exact) mass is 369 g/mol. The predicted octanol–water partition coefficient (Wildman–Crippen LogP) is 3.46. The molecule has 6 nitrogen and oxygen atoms in total. The fourth-order valence-corrected chi connectivity index (χ4v) is 3.12. The summed E-state index contributed by atoms with van der Waals surface area (Å²) >= 11 is 0. The SMILES string of the molecule is COc1cccc(-c2noc(CN3CCOC(c4ccc(F)cc4)C3)n2)c1. The molecule has 4 rings (SSSR count). The van der Waals surface area contributed by atoms with Gasteiger partial charge in [0.1, 0.15) is 11.6 Å². The number of ether oxygens (including phenoxy) is 2. The molecule has 1 fully saturated rings. The molecule has 0 bridgehead atoms. The first-order valence-electron chi connectivity index (χ1n) is 8.78. The third-order valence-electron chi connectivity index (χ3n) is 4.55. The summed E-state index contributed by atoms with van der Waals surface area (Å²) in [4.78, 5) is 6.69. The fourth-order valence-electron chi connectivity index (χ4n) is 3.12. The van der Waals surface area contributed by atoms with Gasteiger partial charge in [-0.05, 0) is 29.8 Å². The normalized spacial score (nSPS) is 17.8. The molecule has 0 aliphatic carbocycles. The third-order valence-corrected chi connectivity index (χ3v) is 4.55. The van der Waals surface area contributed by atoms with E-state index in [1.807, 2.05) is 24.3 Å². The molecule has 0 saturated carbocycles. The van der Waals surface area contributed by atoms with Crippen LogP contribution in [-0.2, 0) is 11.3 Å². The van der Waals surface area contributed by atoms with Crippen molar-refractivity contribution in [3.05, 3.63) is 65.8 Å². The Morgan fingerprint density at radius 3 is 2.89 bits per heavy atom. The van der Waals surface area contributed by atoms with E-state index in [9.17, 15) is 4.39 Å². The van der Waals surface area contributed by atoms with Gasteiger partial charge in [-0.1, -0.05) is 29.4 Å². The van der Waals surface area contributed by atoms with Gasteiger partial charge in [-0.25, -0.2) is 4.39 Å². The van der Waals surface area contributed by atoms with Gasteiger partial charge in [-0.15, -0.1) is 0 Å². The summed E-state index contributed by atoms with van der Waals surface area (Å²) in [5.41, 5.74) is 1.80. The van der Waals surface area contributed by atoms with Gasteiger partial charge in [0, 0.05) is 18.7 Å². The number of aromatic nitrogens is 2. The van der Waals surface area contributed by atoms with E-state index in [1.54, 1.807) is 19.2 Å². The summed E-state index contributed by atoms with van der Waals surface area (Å²) in [6.07, 6.45) is -0.0971. The minimum atomic E-state index is -0.248. The quantitative estimate of drug-likeness (QED) is 0.686. The molecule has 2 heterocycles. The molecule has 1 aromatic heterocycles. The molecule has 1 aliphatic heterocycles. The second-order valence-corrected chi connectivity index (χ2v) is 6.39. The van der Waals surface area contributed by atoms with Crippen LogP contribution in [0.15, 0.2) is 53.1 Å². The molecule has 0 spiro atoms. The molecule has 1 unspecified atom stereocenters. The van der Waals surface area contributed by atoms with Crippen LogP contribution in [0.3, 0.4) is 0 Å². The first kappa shape index (κ1) is 17.6. The maximum atomic E-state index is 13.1. The molecular formula is C20H20FN3O3. The van der Waals surface area contributed by atoms with Crippen LogP contribution in [0.2, 0.25) is 0 Å². The predicted molar refractivity (Wildman–Crippen MR) is 96.7 cm³/mol. The first-order valence-corrected chi connectivity index (χ1v) is 8.78. The Morgan fingerprint density at radius 2 is 2.07 bits per heavy atom. The minimum absolute atomic E-state index is 0.0971. The highest BCUT2D eigenvalue weighted by Crippen LogP contribution is 2.25. The average Bonchev–Trinajstić information content (AvgIpc) is 3.17. The van der Waals surface area contributed by atoms with Gasteiger partial charge in [0.15, 0.2) is 0 Å². The largest absolute Gasteiger partial charge is 0.497 e. The molecule has 0 radical (unpaired) electrons. The molecular weight excluding hydrogens is 349 g/mol. The highest BCUT2D eigenvalue weighted by atomic mass is 19.1. The van der Waals surface area contributed by atoms with Crippen molar-refractivity contribution in [1.29, 1.82) is 0 Å². The lowest BCUT2D eigenvalue weighted by atomic mass is 10.1. The highest BCUT2D eigenvalue weighted by molar-refractivity contribution is 5.56. The number of methoxy groups -OCH3 is 1. The number of morpholine rings is 1. The standard InChI is InChI=1S/C20H20FN3O3/c1-25-17-4-2-3-15(11-17)20-22-19(27-23-20)13-24-9-10-26-18(12-24)14-5-7-16(21)8-6-14/h2-8,11,18H,9-10,12-13H2,1H3. The number of hydrogen-bond donors (Lipinski definition) is 0. The number of benzene rings is 2. The molecule has 27 heavy (non-hydrogen) atoms. The van der Waals surface area contributed by atoms with E-state index in [4.69, 9.17) is 14.0 Å². The smallest absolute Gasteiger partial charge is 0.241 e. The molecule has 3 aromatic rings. The van der Waals surface area contributed by atoms with E-state index in [0.717, 1.165) is 23.4 Å². The Balaban J connectivity index is 1.43. The molecule has 7 heteroatoms. The summed E-state index contributed by atoms with van der Waals surface area (Å²) < 4.78 is 29.6. The van der Waals surface area contributed by atoms with Crippen LogP contribution in [-0.4, -0.2) is 41.8 Å². The summed E-state index contributed by atoms with van der Waals surface area (Å²) in [7, 11) is 1.62. The zero-order valence-corrected chi connectivity index (χ0v) is 15.0. The van der Waals surface area contributed by atoms with Gasteiger partial charge in [0.25, 0.3) is 0 Å². The van der Waals surface area contributed by atoms with E-state index in [-0.39, 0.29) is 11.9 Å². The maximum Gasteiger partial charge on any atom is 0.241 e. The van der Waals surface area contributed by atoms with Crippen molar-refractivity contribution < 1.29 is 18.4 Å². The summed E-state index contributed by atoms with van der Waals surface area (Å²) in [5, 5.41) is 4.07. The van der Waals surface area contributed by atoms with Crippen LogP contribution in [0.25, 0.3) is 11.4 Å². The second kappa shape index (κ2) is 7.85. The van der Waals surface area contributed by atoms with Gasteiger partial charge >= 0.3 is 0 Å². The van der Waals surface area contributed by atoms with E-state index < -0.39 is 0 Å². The van der Waals surface area contributed by atoms with Crippen LogP contribution < -0.4 is 4.74 Å². The summed E-state index contributed by atoms with van der Waals surface area (Å²) in [6, 6.07) is 14.0. The topological polar surface area (TPSA) is 60.6 Å². The maximum absolute atomic E-state index is 13.1. The zero-order valence-electron chi connectivity index (χ0n) is 15.0. The van der Waals surface area contributed by atoms with Gasteiger partial charge in [-0.3, -0.25) is 4.90 Å². The van der Waals surface area contributed by atoms with E-state index in [2.05, 4.69) is 15.0 Å². The zero-order chi connectivity index (χ0) is 18.6. The molecule has 140 valence electrons. The van der Waals surface area contributed by atoms with E-state index >= 15 is 0 Å². The third kappa shape index (κ3) is 4.15. The Labute approximate surface area is 156 Å². The number of nitrogens with zero attached hydrogens (tertiary/aromatic N) is 3. The van der Waals surface area contributed by atoms with Crippen molar-refractivity contribution in [2.75, 3.05) is 26.8 Å². The van der Waals surface area contributed by atoms with Gasteiger partial charge < -0.3 is 14.0 Å². The van der Waals surface area contributed by atoms with Gasteiger partial charge in [0.05, 0.1) is 26.4 Å². The van der Waals surface area contributed by atoms with Crippen molar-refractivity contribution in [1.82, 2.24) is 15.0 Å². The molecule has 1 saturated heterocycles. The van der Waals surface area contributed by atoms with Crippen LogP contribution in [0.5, 0.6) is 5.75 Å². The number of halogens is 1. The van der Waals surface area contributed by atoms with E-state index in [0.29, 0.717) is 31.4 Å². The Bertz CT molecular complexity index is 897. The minimum Gasteiger partial charge on any atom is -0.497 e. The van der Waals surface area contributed by atoms with Crippen LogP contribution in [0.1, 0.15) is 17.6 Å². The average molecular weight is 369 g/mol. The van der Waals surface area contributed by atoms with Crippen molar-refractivity contribution in [3.63, 3.8) is 0 Å². The molecule has 1 atom stereocenters. The Kier molecular flexibility index (Phi) is 5.13. The summed E-state index contributed by atoms with van der Waals surface area (Å²) in [6.45, 7) is 2.59. The second-order valence-electron chi connectivity index (χ2n) is 6.39. The van der Waals surface area contributed by atoms with Crippen LogP contribution in [0, 0.1) is 5.82 Å². The lowest BCUT2D eigenvalue weighted by molar-refractivity contribution is -0.0356. The van der Waals surface area contributed by atoms with Crippen molar-refractivity contribution in [2.45, 2.75) is 12.6 Å². The molecule has 0 amide bonds. The summed E-state index contributed by atoms with van der Waals surface area (Å²) in [5.74, 6) is 1.58. The first-order chi connectivity index (χ1) is 13.2. The van der Waals surface area contributed by atoms with Gasteiger partial charge in [-0.2, -0.15) is 4.98 Å². The molecule has 1 aliphatic rings. The Morgan fingerprint density at radius 1 is 1.22 bits per heavy atom. The Hall–Kier alpha value is -2.77. The fraction of sp³-hybridized carbons (Fsp3) is 0.300.